The van der Waals surface area contributed by atoms with Gasteiger partial charge in [-0.25, -0.2) is 18.3 Å². The number of aromatic nitrogens is 4. The van der Waals surface area contributed by atoms with Gasteiger partial charge in [0.05, 0.1) is 0 Å². The second-order valence-corrected chi connectivity index (χ2v) is 32.6. The van der Waals surface area contributed by atoms with Crippen LogP contribution in [0, 0.1) is 118 Å². The Hall–Kier alpha value is -12.8. The molecule has 0 amide bonds. The predicted molar refractivity (Wildman–Crippen MR) is 496 cm³/mol. The van der Waals surface area contributed by atoms with Crippen LogP contribution in [0.15, 0.2) is 310 Å². The zero-order valence-corrected chi connectivity index (χ0v) is 72.7. The summed E-state index contributed by atoms with van der Waals surface area (Å²) >= 11 is 0. The van der Waals surface area contributed by atoms with Crippen LogP contribution in [0.3, 0.4) is 0 Å². The van der Waals surface area contributed by atoms with Gasteiger partial charge in [0, 0.05) is 70.8 Å². The van der Waals surface area contributed by atoms with Gasteiger partial charge in [0.25, 0.3) is 0 Å². The molecule has 0 spiro atoms. The van der Waals surface area contributed by atoms with Gasteiger partial charge in [0.15, 0.2) is 24.8 Å². The number of hydrogen-bond donors (Lipinski definition) is 0. The fraction of sp³-hybridized carbons (Fsp3) is 0.186. The van der Waals surface area contributed by atoms with Crippen LogP contribution in [0.1, 0.15) is 94.6 Å². The van der Waals surface area contributed by atoms with Crippen LogP contribution in [0.25, 0.3) is 134 Å². The summed E-state index contributed by atoms with van der Waals surface area (Å²) < 4.78 is 8.90. The SMILES string of the molecule is Cc1ccc(-c2cc[n+](C)c(-c3cc(-c4ccccc4C)c(C)cc3C)c2)c(C)c1.Cc1ccccc1-c1cc(-c2cc(-c3c(C)cccc3C)cc[n+]2C)c(C)cc1C.Cc1ccccc1-c1cc(-c2cc(-c3ccccc3)cc[n+]2C)c(C)cc1C.Cc1ccccc1-c1cc[n+](C)c(-c2cc(-c3ccccc3C)c(C)cc2C)c1. The van der Waals surface area contributed by atoms with E-state index in [1.807, 2.05) is 0 Å². The van der Waals surface area contributed by atoms with E-state index in [4.69, 9.17) is 0 Å². The molecule has 582 valence electrons. The fourth-order valence-corrected chi connectivity index (χ4v) is 17.1. The first-order chi connectivity index (χ1) is 56.2. The number of aryl methyl sites for hydroxylation is 21. The fourth-order valence-electron chi connectivity index (χ4n) is 17.1. The maximum Gasteiger partial charge on any atom is 0.213 e. The molecule has 4 heteroatoms. The maximum atomic E-state index is 2.37. The molecule has 12 aromatic carbocycles. The number of benzene rings is 12. The molecule has 0 N–H and O–H groups in total. The van der Waals surface area contributed by atoms with Gasteiger partial charge in [-0.15, -0.1) is 0 Å². The second-order valence-electron chi connectivity index (χ2n) is 32.6. The Kier molecular flexibility index (Phi) is 25.3. The van der Waals surface area contributed by atoms with E-state index in [0.29, 0.717) is 0 Å². The number of nitrogens with zero attached hydrogens (tertiary/aromatic N) is 4. The van der Waals surface area contributed by atoms with Crippen molar-refractivity contribution in [1.29, 1.82) is 0 Å². The van der Waals surface area contributed by atoms with Crippen molar-refractivity contribution in [2.24, 2.45) is 28.2 Å². The third-order valence-corrected chi connectivity index (χ3v) is 23.8. The molecule has 0 saturated carbocycles. The predicted octanol–water partition coefficient (Wildman–Crippen LogP) is 27.3. The van der Waals surface area contributed by atoms with Gasteiger partial charge in [-0.2, -0.15) is 0 Å². The molecular formula is C113H114N4+4. The average Bonchev–Trinajstić information content (AvgIpc) is 0.786. The lowest BCUT2D eigenvalue weighted by atomic mass is 9.90. The zero-order valence-electron chi connectivity index (χ0n) is 72.7. The van der Waals surface area contributed by atoms with Gasteiger partial charge >= 0.3 is 0 Å². The molecule has 0 aliphatic rings. The van der Waals surface area contributed by atoms with Crippen LogP contribution in [-0.2, 0) is 28.2 Å². The molecular weight excluding hydrogens is 1410 g/mol. The van der Waals surface area contributed by atoms with Crippen LogP contribution in [0.4, 0.5) is 0 Å². The monoisotopic (exact) mass is 1530 g/mol. The molecule has 117 heavy (non-hydrogen) atoms. The van der Waals surface area contributed by atoms with Gasteiger partial charge in [-0.1, -0.05) is 218 Å². The van der Waals surface area contributed by atoms with Gasteiger partial charge in [-0.05, 0) is 320 Å². The van der Waals surface area contributed by atoms with Crippen molar-refractivity contribution < 1.29 is 18.3 Å². The Morgan fingerprint density at radius 2 is 0.393 bits per heavy atom. The highest BCUT2D eigenvalue weighted by Crippen LogP contribution is 2.41. The van der Waals surface area contributed by atoms with E-state index in [1.165, 1.54) is 229 Å². The molecule has 0 aliphatic heterocycles. The Labute approximate surface area is 698 Å². The number of rotatable bonds is 12. The molecule has 0 unspecified atom stereocenters. The Morgan fingerprint density at radius 3 is 0.718 bits per heavy atom. The zero-order chi connectivity index (χ0) is 83.0. The number of pyridine rings is 4. The number of hydrogen-bond acceptors (Lipinski definition) is 0. The third kappa shape index (κ3) is 18.2. The summed E-state index contributed by atoms with van der Waals surface area (Å²) in [7, 11) is 8.52. The first-order valence-electron chi connectivity index (χ1n) is 41.2. The van der Waals surface area contributed by atoms with Gasteiger partial charge in [0.1, 0.15) is 28.2 Å². The lowest BCUT2D eigenvalue weighted by Crippen LogP contribution is -2.30. The summed E-state index contributed by atoms with van der Waals surface area (Å²) in [5.74, 6) is 0. The standard InChI is InChI=1S/2C29H30N.C28H28N.C27H26N/c1-19-10-7-8-13-25(19)26-18-27(23(5)16-22(26)4)28-17-24(14-15-30(28)6)29-20(2)11-9-12-21(29)3;1-19-11-12-25(21(3)15-19)24-13-14-30(6)29(17-24)28-18-27(22(4)16-23(28)5)26-10-8-7-9-20(26)2;1-19-10-6-8-12-24(19)23-14-15-29(5)28(17-23)27-18-26(21(3)16-22(27)4)25-13-9-7-11-20(25)2;1-19-10-8-9-13-24(19)25-18-26(21(3)16-20(25)2)27-17-23(14-15-28(27)4)22-11-6-5-7-12-22/h2*7-18H,1-6H3;6-18H,1-5H3;5-18H,1-4H3/q4*+1. The van der Waals surface area contributed by atoms with Crippen LogP contribution in [0.5, 0.6) is 0 Å². The lowest BCUT2D eigenvalue weighted by Gasteiger charge is -2.15. The molecule has 0 fully saturated rings. The highest BCUT2D eigenvalue weighted by molar-refractivity contribution is 5.85. The van der Waals surface area contributed by atoms with E-state index >= 15 is 0 Å². The minimum atomic E-state index is 1.23. The maximum absolute atomic E-state index is 2.37. The van der Waals surface area contributed by atoms with Crippen molar-refractivity contribution >= 4 is 0 Å². The molecule has 0 saturated heterocycles. The van der Waals surface area contributed by atoms with Crippen LogP contribution >= 0.6 is 0 Å². The Balaban J connectivity index is 0.000000136. The summed E-state index contributed by atoms with van der Waals surface area (Å²) in [6, 6.07) is 104. The van der Waals surface area contributed by atoms with E-state index in [2.05, 4.69) is 474 Å². The van der Waals surface area contributed by atoms with Crippen LogP contribution in [0.2, 0.25) is 0 Å². The molecule has 0 atom stereocenters. The Bertz CT molecular complexity index is 6360. The van der Waals surface area contributed by atoms with Gasteiger partial charge in [0.2, 0.25) is 22.8 Å². The lowest BCUT2D eigenvalue weighted by molar-refractivity contribution is -0.660. The molecule has 0 aliphatic carbocycles. The van der Waals surface area contributed by atoms with E-state index in [1.54, 1.807) is 0 Å². The van der Waals surface area contributed by atoms with Crippen molar-refractivity contribution in [3.05, 3.63) is 404 Å². The van der Waals surface area contributed by atoms with E-state index < -0.39 is 0 Å². The van der Waals surface area contributed by atoms with Crippen molar-refractivity contribution in [3.63, 3.8) is 0 Å². The first kappa shape index (κ1) is 82.2. The smallest absolute Gasteiger partial charge is 0.201 e. The topological polar surface area (TPSA) is 15.5 Å². The highest BCUT2D eigenvalue weighted by atomic mass is 14.9. The summed E-state index contributed by atoms with van der Waals surface area (Å²) in [6.45, 7) is 37.4. The molecule has 4 heterocycles. The molecule has 0 bridgehead atoms. The highest BCUT2D eigenvalue weighted by Gasteiger charge is 2.24. The van der Waals surface area contributed by atoms with Crippen molar-refractivity contribution in [2.45, 2.75) is 118 Å². The van der Waals surface area contributed by atoms with Crippen LogP contribution in [-0.4, -0.2) is 0 Å². The normalized spacial score (nSPS) is 10.9. The summed E-state index contributed by atoms with van der Waals surface area (Å²) in [6.07, 6.45) is 8.69. The molecule has 4 nitrogen and oxygen atoms in total. The van der Waals surface area contributed by atoms with Crippen LogP contribution < -0.4 is 18.3 Å². The quantitative estimate of drug-likeness (QED) is 0.108. The van der Waals surface area contributed by atoms with Crippen molar-refractivity contribution in [1.82, 2.24) is 0 Å². The van der Waals surface area contributed by atoms with E-state index in [0.717, 1.165) is 0 Å². The first-order valence-corrected chi connectivity index (χ1v) is 41.2. The summed E-state index contributed by atoms with van der Waals surface area (Å²) in [4.78, 5) is 0. The van der Waals surface area contributed by atoms with Crippen molar-refractivity contribution in [2.75, 3.05) is 0 Å². The largest absolute Gasteiger partial charge is 0.213 e. The molecule has 4 aromatic heterocycles. The van der Waals surface area contributed by atoms with Gasteiger partial charge in [-0.3, -0.25) is 0 Å². The Morgan fingerprint density at radius 1 is 0.145 bits per heavy atom. The van der Waals surface area contributed by atoms with Gasteiger partial charge < -0.3 is 0 Å². The molecule has 16 aromatic rings. The van der Waals surface area contributed by atoms with E-state index in [9.17, 15) is 0 Å². The second kappa shape index (κ2) is 36.0. The molecule has 16 rings (SSSR count). The minimum Gasteiger partial charge on any atom is -0.201 e. The minimum absolute atomic E-state index is 1.23. The third-order valence-electron chi connectivity index (χ3n) is 23.8. The average molecular weight is 1530 g/mol. The summed E-state index contributed by atoms with van der Waals surface area (Å²) in [5.41, 5.74) is 53.0. The van der Waals surface area contributed by atoms with E-state index in [-0.39, 0.29) is 0 Å². The molecule has 0 radical (unpaired) electrons. The summed E-state index contributed by atoms with van der Waals surface area (Å²) in [5, 5.41) is 0. The van der Waals surface area contributed by atoms with Crippen molar-refractivity contribution in [3.8, 4) is 134 Å².